The number of ketones is 1. The van der Waals surface area contributed by atoms with E-state index < -0.39 is 28.6 Å². The van der Waals surface area contributed by atoms with Gasteiger partial charge in [-0.05, 0) is 6.92 Å². The Balaban J connectivity index is 5.29. The fraction of sp³-hybridized carbons (Fsp3) is 0.833. The molecule has 0 spiro atoms. The zero-order chi connectivity index (χ0) is 12.7. The minimum absolute atomic E-state index is 0.725. The molecule has 0 saturated heterocycles. The highest BCUT2D eigenvalue weighted by Gasteiger charge is 2.76. The highest BCUT2D eigenvalue weighted by atomic mass is 79.9. The summed E-state index contributed by atoms with van der Waals surface area (Å²) in [5.74, 6) is -14.7. The maximum absolute atomic E-state index is 12.5. The van der Waals surface area contributed by atoms with Crippen LogP contribution in [0.5, 0.6) is 0 Å². The first-order valence-electron chi connectivity index (χ1n) is 3.36. The second-order valence-electron chi connectivity index (χ2n) is 2.63. The van der Waals surface area contributed by atoms with Crippen LogP contribution >= 0.6 is 15.9 Å². The normalized spacial score (nSPS) is 16.3. The Labute approximate surface area is 87.8 Å². The molecule has 0 saturated carbocycles. The van der Waals surface area contributed by atoms with E-state index >= 15 is 0 Å². The Morgan fingerprint density at radius 3 is 1.60 bits per heavy atom. The minimum Gasteiger partial charge on any atom is -0.291 e. The summed E-state index contributed by atoms with van der Waals surface area (Å²) in [5.41, 5.74) is 0. The standard InChI is InChI=1S/C6H4BrF7O/c1-2(7)3(15)4(8,9)5(10,11)6(12,13)14/h2H,1H3. The third-order valence-electron chi connectivity index (χ3n) is 1.42. The lowest BCUT2D eigenvalue weighted by Gasteiger charge is -2.27. The monoisotopic (exact) mass is 304 g/mol. The van der Waals surface area contributed by atoms with E-state index in [1.807, 2.05) is 0 Å². The van der Waals surface area contributed by atoms with Crippen LogP contribution in [0.2, 0.25) is 0 Å². The second-order valence-corrected chi connectivity index (χ2v) is 4.00. The SMILES string of the molecule is CC(Br)C(=O)C(F)(F)C(F)(F)C(F)(F)F. The largest absolute Gasteiger partial charge is 0.460 e. The van der Waals surface area contributed by atoms with Crippen LogP contribution in [0.25, 0.3) is 0 Å². The molecule has 0 aliphatic heterocycles. The van der Waals surface area contributed by atoms with Crippen molar-refractivity contribution in [1.82, 2.24) is 0 Å². The van der Waals surface area contributed by atoms with Crippen molar-refractivity contribution >= 4 is 21.7 Å². The van der Waals surface area contributed by atoms with Crippen molar-refractivity contribution in [3.8, 4) is 0 Å². The number of carbonyl (C=O) groups excluding carboxylic acids is 1. The first-order valence-corrected chi connectivity index (χ1v) is 4.28. The molecule has 1 atom stereocenters. The maximum atomic E-state index is 12.5. The molecule has 0 fully saturated rings. The van der Waals surface area contributed by atoms with Crippen molar-refractivity contribution in [2.24, 2.45) is 0 Å². The summed E-state index contributed by atoms with van der Waals surface area (Å²) in [6, 6.07) is 0. The molecule has 0 amide bonds. The van der Waals surface area contributed by atoms with Crippen LogP contribution in [0.15, 0.2) is 0 Å². The number of Topliss-reactive ketones (excluding diaryl/α,β-unsaturated/α-hetero) is 1. The third kappa shape index (κ3) is 2.43. The van der Waals surface area contributed by atoms with Gasteiger partial charge in [0.1, 0.15) is 0 Å². The predicted octanol–water partition coefficient (Wildman–Crippen LogP) is 3.17. The quantitative estimate of drug-likeness (QED) is 0.578. The molecule has 0 N–H and O–H groups in total. The lowest BCUT2D eigenvalue weighted by atomic mass is 10.1. The van der Waals surface area contributed by atoms with Gasteiger partial charge in [-0.2, -0.15) is 30.7 Å². The zero-order valence-corrected chi connectivity index (χ0v) is 8.60. The molecule has 0 aromatic carbocycles. The lowest BCUT2D eigenvalue weighted by molar-refractivity contribution is -0.343. The van der Waals surface area contributed by atoms with E-state index in [1.54, 1.807) is 0 Å². The highest BCUT2D eigenvalue weighted by molar-refractivity contribution is 9.10. The van der Waals surface area contributed by atoms with E-state index in [-0.39, 0.29) is 0 Å². The second kappa shape index (κ2) is 3.91. The number of rotatable bonds is 3. The van der Waals surface area contributed by atoms with Gasteiger partial charge < -0.3 is 0 Å². The summed E-state index contributed by atoms with van der Waals surface area (Å²) in [6.07, 6.45) is -6.48. The zero-order valence-electron chi connectivity index (χ0n) is 7.01. The third-order valence-corrected chi connectivity index (χ3v) is 1.84. The Bertz CT molecular complexity index is 257. The van der Waals surface area contributed by atoms with Gasteiger partial charge in [0.2, 0.25) is 5.78 Å². The minimum atomic E-state index is -6.48. The molecule has 1 unspecified atom stereocenters. The molecule has 9 heteroatoms. The molecule has 0 radical (unpaired) electrons. The van der Waals surface area contributed by atoms with Crippen molar-refractivity contribution < 1.29 is 35.5 Å². The number of hydrogen-bond acceptors (Lipinski definition) is 1. The first-order chi connectivity index (χ1) is 6.35. The van der Waals surface area contributed by atoms with Gasteiger partial charge in [-0.15, -0.1) is 0 Å². The van der Waals surface area contributed by atoms with Crippen LogP contribution in [-0.2, 0) is 4.79 Å². The fourth-order valence-corrected chi connectivity index (χ4v) is 0.870. The van der Waals surface area contributed by atoms with Gasteiger partial charge in [0, 0.05) is 0 Å². The summed E-state index contributed by atoms with van der Waals surface area (Å²) in [4.78, 5) is 8.68. The lowest BCUT2D eigenvalue weighted by Crippen LogP contribution is -2.57. The van der Waals surface area contributed by atoms with E-state index in [0.717, 1.165) is 6.92 Å². The van der Waals surface area contributed by atoms with E-state index in [2.05, 4.69) is 15.9 Å². The molecule has 0 bridgehead atoms. The summed E-state index contributed by atoms with van der Waals surface area (Å²) < 4.78 is 84.1. The molecule has 1 nitrogen and oxygen atoms in total. The average molecular weight is 305 g/mol. The van der Waals surface area contributed by atoms with Crippen molar-refractivity contribution in [1.29, 1.82) is 0 Å². The molecule has 90 valence electrons. The molecule has 0 rings (SSSR count). The van der Waals surface area contributed by atoms with Gasteiger partial charge in [0.25, 0.3) is 0 Å². The van der Waals surface area contributed by atoms with Gasteiger partial charge in [-0.1, -0.05) is 15.9 Å². The van der Waals surface area contributed by atoms with E-state index in [0.29, 0.717) is 0 Å². The van der Waals surface area contributed by atoms with Crippen molar-refractivity contribution in [2.45, 2.75) is 29.8 Å². The number of carbonyl (C=O) groups is 1. The van der Waals surface area contributed by atoms with E-state index in [9.17, 15) is 35.5 Å². The van der Waals surface area contributed by atoms with Gasteiger partial charge in [0.05, 0.1) is 4.83 Å². The van der Waals surface area contributed by atoms with Crippen LogP contribution in [0.3, 0.4) is 0 Å². The van der Waals surface area contributed by atoms with Crippen LogP contribution in [0.4, 0.5) is 30.7 Å². The van der Waals surface area contributed by atoms with Crippen molar-refractivity contribution in [3.63, 3.8) is 0 Å². The Morgan fingerprint density at radius 1 is 1.07 bits per heavy atom. The van der Waals surface area contributed by atoms with Gasteiger partial charge >= 0.3 is 18.0 Å². The van der Waals surface area contributed by atoms with Gasteiger partial charge in [0.15, 0.2) is 0 Å². The van der Waals surface area contributed by atoms with Crippen molar-refractivity contribution in [2.75, 3.05) is 0 Å². The Hall–Kier alpha value is -0.340. The van der Waals surface area contributed by atoms with Gasteiger partial charge in [-0.3, -0.25) is 4.79 Å². The highest BCUT2D eigenvalue weighted by Crippen LogP contribution is 2.47. The topological polar surface area (TPSA) is 17.1 Å². The maximum Gasteiger partial charge on any atom is 0.460 e. The smallest absolute Gasteiger partial charge is 0.291 e. The summed E-state index contributed by atoms with van der Waals surface area (Å²) in [7, 11) is 0. The fourth-order valence-electron chi connectivity index (χ4n) is 0.583. The Morgan fingerprint density at radius 2 is 1.40 bits per heavy atom. The van der Waals surface area contributed by atoms with Gasteiger partial charge in [-0.25, -0.2) is 0 Å². The van der Waals surface area contributed by atoms with Crippen LogP contribution in [0, 0.1) is 0 Å². The van der Waals surface area contributed by atoms with Crippen LogP contribution in [-0.4, -0.2) is 28.6 Å². The Kier molecular flexibility index (Phi) is 3.82. The summed E-state index contributed by atoms with van der Waals surface area (Å²) >= 11 is 2.20. The van der Waals surface area contributed by atoms with Crippen molar-refractivity contribution in [3.05, 3.63) is 0 Å². The molecule has 0 aliphatic carbocycles. The summed E-state index contributed by atoms with van der Waals surface area (Å²) in [5, 5.41) is 0. The average Bonchev–Trinajstić information content (AvgIpc) is 2.00. The van der Waals surface area contributed by atoms with Crippen LogP contribution in [0.1, 0.15) is 6.92 Å². The number of halogens is 8. The molecular weight excluding hydrogens is 301 g/mol. The molecule has 0 heterocycles. The van der Waals surface area contributed by atoms with E-state index in [4.69, 9.17) is 0 Å². The predicted molar refractivity (Wildman–Crippen MR) is 39.3 cm³/mol. The number of alkyl halides is 8. The molecule has 0 aliphatic rings. The summed E-state index contributed by atoms with van der Waals surface area (Å²) in [6.45, 7) is 0.725. The van der Waals surface area contributed by atoms with Crippen LogP contribution < -0.4 is 0 Å². The molecular formula is C6H4BrF7O. The molecule has 15 heavy (non-hydrogen) atoms. The first kappa shape index (κ1) is 14.7. The van der Waals surface area contributed by atoms with E-state index in [1.165, 1.54) is 0 Å². The number of hydrogen-bond donors (Lipinski definition) is 0. The molecule has 0 aromatic heterocycles. The molecule has 0 aromatic rings.